The predicted molar refractivity (Wildman–Crippen MR) is 119 cm³/mol. The Kier molecular flexibility index (Phi) is 4.58. The van der Waals surface area contributed by atoms with E-state index in [0.717, 1.165) is 74.7 Å². The zero-order valence-electron chi connectivity index (χ0n) is 17.9. The summed E-state index contributed by atoms with van der Waals surface area (Å²) in [5.41, 5.74) is 0.859. The Morgan fingerprint density at radius 1 is 0.935 bits per heavy atom. The van der Waals surface area contributed by atoms with Gasteiger partial charge in [-0.1, -0.05) is 0 Å². The van der Waals surface area contributed by atoms with E-state index in [1.165, 1.54) is 19.3 Å². The minimum atomic E-state index is -0.0314. The van der Waals surface area contributed by atoms with Gasteiger partial charge in [-0.3, -0.25) is 9.78 Å². The van der Waals surface area contributed by atoms with Gasteiger partial charge in [-0.15, -0.1) is 10.2 Å². The molecule has 162 valence electrons. The van der Waals surface area contributed by atoms with Gasteiger partial charge in [-0.05, 0) is 80.5 Å². The van der Waals surface area contributed by atoms with Crippen molar-refractivity contribution in [1.82, 2.24) is 20.1 Å². The van der Waals surface area contributed by atoms with Crippen LogP contribution in [0.25, 0.3) is 0 Å². The first kappa shape index (κ1) is 19.0. The zero-order chi connectivity index (χ0) is 20.8. The molecule has 0 atom stereocenters. The third kappa shape index (κ3) is 3.54. The molecule has 1 aliphatic heterocycles. The number of hydrogen-bond donors (Lipinski definition) is 1. The summed E-state index contributed by atoms with van der Waals surface area (Å²) >= 11 is 0. The molecule has 1 N–H and O–H groups in total. The molecule has 4 bridgehead atoms. The second-order valence-corrected chi connectivity index (χ2v) is 10.1. The largest absolute Gasteiger partial charge is 0.352 e. The van der Waals surface area contributed by atoms with Crippen molar-refractivity contribution in [2.75, 3.05) is 36.4 Å². The molecule has 1 amide bonds. The van der Waals surface area contributed by atoms with Crippen LogP contribution in [0.5, 0.6) is 0 Å². The first-order chi connectivity index (χ1) is 15.2. The first-order valence-corrected chi connectivity index (χ1v) is 11.7. The third-order valence-corrected chi connectivity index (χ3v) is 7.97. The maximum atomic E-state index is 13.6. The van der Waals surface area contributed by atoms with Gasteiger partial charge in [0.05, 0.1) is 17.3 Å². The average molecular weight is 419 g/mol. The van der Waals surface area contributed by atoms with Crippen LogP contribution in [0.2, 0.25) is 0 Å². The summed E-state index contributed by atoms with van der Waals surface area (Å²) in [5, 5.41) is 11.9. The number of aromatic nitrogens is 3. The topological polar surface area (TPSA) is 74.2 Å². The van der Waals surface area contributed by atoms with E-state index in [-0.39, 0.29) is 5.41 Å². The van der Waals surface area contributed by atoms with Crippen molar-refractivity contribution >= 4 is 23.2 Å². The summed E-state index contributed by atoms with van der Waals surface area (Å²) in [6, 6.07) is 7.78. The summed E-state index contributed by atoms with van der Waals surface area (Å²) in [4.78, 5) is 22.1. The Hall–Kier alpha value is -2.70. The highest BCUT2D eigenvalue weighted by atomic mass is 16.2. The van der Waals surface area contributed by atoms with Crippen LogP contribution in [-0.4, -0.2) is 52.2 Å². The number of carbonyl (C=O) groups is 1. The normalized spacial score (nSPS) is 31.7. The highest BCUT2D eigenvalue weighted by Crippen LogP contribution is 2.60. The van der Waals surface area contributed by atoms with Gasteiger partial charge in [0.2, 0.25) is 5.91 Å². The standard InChI is InChI=1S/C24H30N6O/c31-23(24-13-17-10-18(14-24)12-19(11-17)15-24)30-8-6-29(7-9-30)22-4-3-21(27-28-22)26-20-2-1-5-25-16-20/h1-5,16-19H,6-15H2,(H,26,27). The van der Waals surface area contributed by atoms with E-state index >= 15 is 0 Å². The molecule has 5 fully saturated rings. The smallest absolute Gasteiger partial charge is 0.228 e. The number of rotatable bonds is 4. The number of piperazine rings is 1. The van der Waals surface area contributed by atoms with Crippen molar-refractivity contribution in [3.63, 3.8) is 0 Å². The summed E-state index contributed by atoms with van der Waals surface area (Å²) in [6.07, 6.45) is 11.1. The molecule has 4 saturated carbocycles. The monoisotopic (exact) mass is 418 g/mol. The number of anilines is 3. The molecular weight excluding hydrogens is 388 g/mol. The molecule has 7 rings (SSSR count). The Balaban J connectivity index is 1.07. The van der Waals surface area contributed by atoms with E-state index in [1.54, 1.807) is 12.4 Å². The lowest BCUT2D eigenvalue weighted by Gasteiger charge is -2.57. The molecule has 2 aromatic rings. The SMILES string of the molecule is O=C(N1CCN(c2ccc(Nc3cccnc3)nn2)CC1)C12CC3CC(CC(C3)C1)C2. The molecule has 4 aliphatic carbocycles. The van der Waals surface area contributed by atoms with Crippen molar-refractivity contribution in [3.8, 4) is 0 Å². The number of nitrogens with one attached hydrogen (secondary N) is 1. The number of hydrogen-bond acceptors (Lipinski definition) is 6. The quantitative estimate of drug-likeness (QED) is 0.819. The maximum Gasteiger partial charge on any atom is 0.228 e. The van der Waals surface area contributed by atoms with Crippen LogP contribution in [0, 0.1) is 23.2 Å². The molecule has 7 nitrogen and oxygen atoms in total. The fourth-order valence-electron chi connectivity index (χ4n) is 6.99. The number of nitrogens with zero attached hydrogens (tertiary/aromatic N) is 5. The lowest BCUT2D eigenvalue weighted by Crippen LogP contribution is -2.58. The van der Waals surface area contributed by atoms with Crippen molar-refractivity contribution < 1.29 is 4.79 Å². The third-order valence-electron chi connectivity index (χ3n) is 7.97. The first-order valence-electron chi connectivity index (χ1n) is 11.7. The van der Waals surface area contributed by atoms with Gasteiger partial charge in [0, 0.05) is 32.4 Å². The van der Waals surface area contributed by atoms with E-state index < -0.39 is 0 Å². The molecule has 31 heavy (non-hydrogen) atoms. The highest BCUT2D eigenvalue weighted by Gasteiger charge is 2.55. The Morgan fingerprint density at radius 3 is 2.23 bits per heavy atom. The van der Waals surface area contributed by atoms with Crippen molar-refractivity contribution in [2.24, 2.45) is 23.2 Å². The van der Waals surface area contributed by atoms with E-state index in [4.69, 9.17) is 0 Å². The molecule has 2 aromatic heterocycles. The maximum absolute atomic E-state index is 13.6. The molecule has 3 heterocycles. The molecule has 5 aliphatic rings. The number of carbonyl (C=O) groups excluding carboxylic acids is 1. The van der Waals surface area contributed by atoms with Crippen LogP contribution in [0.4, 0.5) is 17.3 Å². The molecule has 0 spiro atoms. The summed E-state index contributed by atoms with van der Waals surface area (Å²) in [5.74, 6) is 4.46. The van der Waals surface area contributed by atoms with Crippen molar-refractivity contribution in [1.29, 1.82) is 0 Å². The molecule has 1 saturated heterocycles. The Labute approximate surface area is 183 Å². The Bertz CT molecular complexity index is 903. The van der Waals surface area contributed by atoms with Crippen LogP contribution >= 0.6 is 0 Å². The fraction of sp³-hybridized carbons (Fsp3) is 0.583. The van der Waals surface area contributed by atoms with Crippen LogP contribution in [0.15, 0.2) is 36.7 Å². The minimum absolute atomic E-state index is 0.0314. The molecular formula is C24H30N6O. The van der Waals surface area contributed by atoms with E-state index in [9.17, 15) is 4.79 Å². The van der Waals surface area contributed by atoms with Crippen LogP contribution in [0.3, 0.4) is 0 Å². The number of pyridine rings is 1. The van der Waals surface area contributed by atoms with Crippen molar-refractivity contribution in [2.45, 2.75) is 38.5 Å². The van der Waals surface area contributed by atoms with Crippen LogP contribution in [0.1, 0.15) is 38.5 Å². The van der Waals surface area contributed by atoms with E-state index in [1.807, 2.05) is 24.3 Å². The predicted octanol–water partition coefficient (Wildman–Crippen LogP) is 3.48. The summed E-state index contributed by atoms with van der Waals surface area (Å²) in [6.45, 7) is 3.22. The van der Waals surface area contributed by atoms with Gasteiger partial charge in [-0.2, -0.15) is 0 Å². The summed E-state index contributed by atoms with van der Waals surface area (Å²) < 4.78 is 0. The van der Waals surface area contributed by atoms with Gasteiger partial charge in [-0.25, -0.2) is 0 Å². The van der Waals surface area contributed by atoms with Gasteiger partial charge in [0.15, 0.2) is 11.6 Å². The Morgan fingerprint density at radius 2 is 1.65 bits per heavy atom. The molecule has 0 unspecified atom stereocenters. The van der Waals surface area contributed by atoms with Crippen LogP contribution in [-0.2, 0) is 4.79 Å². The van der Waals surface area contributed by atoms with E-state index in [2.05, 4.69) is 30.3 Å². The highest BCUT2D eigenvalue weighted by molar-refractivity contribution is 5.83. The lowest BCUT2D eigenvalue weighted by molar-refractivity contribution is -0.158. The van der Waals surface area contributed by atoms with Gasteiger partial charge >= 0.3 is 0 Å². The van der Waals surface area contributed by atoms with Crippen LogP contribution < -0.4 is 10.2 Å². The minimum Gasteiger partial charge on any atom is -0.352 e. The van der Waals surface area contributed by atoms with Gasteiger partial charge in [0.1, 0.15) is 0 Å². The van der Waals surface area contributed by atoms with E-state index in [0.29, 0.717) is 11.7 Å². The second kappa shape index (κ2) is 7.46. The van der Waals surface area contributed by atoms with Gasteiger partial charge in [0.25, 0.3) is 0 Å². The fourth-order valence-corrected chi connectivity index (χ4v) is 6.99. The molecule has 0 radical (unpaired) electrons. The zero-order valence-corrected chi connectivity index (χ0v) is 17.9. The van der Waals surface area contributed by atoms with Gasteiger partial charge < -0.3 is 15.1 Å². The lowest BCUT2D eigenvalue weighted by atomic mass is 9.49. The average Bonchev–Trinajstić information content (AvgIpc) is 2.79. The second-order valence-electron chi connectivity index (χ2n) is 10.1. The molecule has 0 aromatic carbocycles. The molecule has 7 heteroatoms. The number of amides is 1. The van der Waals surface area contributed by atoms with Crippen molar-refractivity contribution in [3.05, 3.63) is 36.7 Å². The summed E-state index contributed by atoms with van der Waals surface area (Å²) in [7, 11) is 0.